The summed E-state index contributed by atoms with van der Waals surface area (Å²) in [7, 11) is 0.251. The number of ether oxygens (including phenoxy) is 1. The van der Waals surface area contributed by atoms with E-state index in [2.05, 4.69) is 0 Å². The van der Waals surface area contributed by atoms with Crippen LogP contribution in [0.2, 0.25) is 0 Å². The quantitative estimate of drug-likeness (QED) is 0.643. The third-order valence-corrected chi connectivity index (χ3v) is 3.83. The van der Waals surface area contributed by atoms with E-state index in [1.165, 1.54) is 5.56 Å². The zero-order valence-corrected chi connectivity index (χ0v) is 11.4. The van der Waals surface area contributed by atoms with Crippen LogP contribution >= 0.6 is 11.8 Å². The minimum Gasteiger partial charge on any atom is -0.497 e. The van der Waals surface area contributed by atoms with Gasteiger partial charge in [-0.2, -0.15) is 0 Å². The number of rotatable bonds is 5. The fraction of sp³-hybridized carbons (Fsp3) is 0.143. The topological polar surface area (TPSA) is 49.7 Å². The van der Waals surface area contributed by atoms with Crippen molar-refractivity contribution in [1.82, 2.24) is 0 Å². The average molecular weight is 274 g/mol. The Bertz CT molecular complexity index is 511. The predicted octanol–water partition coefficient (Wildman–Crippen LogP) is 1.67. The summed E-state index contributed by atoms with van der Waals surface area (Å²) in [4.78, 5) is 1.10. The maximum absolute atomic E-state index is 9.01. The van der Waals surface area contributed by atoms with Crippen molar-refractivity contribution in [3.8, 4) is 5.75 Å². The minimum atomic E-state index is -1.40. The monoisotopic (exact) mass is 274 g/mol. The zero-order chi connectivity index (χ0) is 13.7. The molecule has 0 saturated carbocycles. The molecule has 0 aliphatic heterocycles. The van der Waals surface area contributed by atoms with Gasteiger partial charge in [0.05, 0.1) is 7.11 Å². The molecular formula is C14H15BO3S. The number of hydrogen-bond acceptors (Lipinski definition) is 4. The summed E-state index contributed by atoms with van der Waals surface area (Å²) >= 11 is 1.70. The van der Waals surface area contributed by atoms with Crippen molar-refractivity contribution in [2.24, 2.45) is 0 Å². The molecule has 98 valence electrons. The molecule has 0 radical (unpaired) electrons. The second kappa shape index (κ2) is 6.66. The van der Waals surface area contributed by atoms with Crippen molar-refractivity contribution >= 4 is 24.3 Å². The Balaban J connectivity index is 1.94. The first-order valence-electron chi connectivity index (χ1n) is 5.91. The van der Waals surface area contributed by atoms with Crippen LogP contribution in [0.5, 0.6) is 5.75 Å². The molecule has 0 aliphatic carbocycles. The smallest absolute Gasteiger partial charge is 0.488 e. The van der Waals surface area contributed by atoms with Crippen LogP contribution < -0.4 is 10.2 Å². The van der Waals surface area contributed by atoms with Crippen molar-refractivity contribution in [1.29, 1.82) is 0 Å². The van der Waals surface area contributed by atoms with Crippen LogP contribution in [0.15, 0.2) is 53.4 Å². The van der Waals surface area contributed by atoms with E-state index in [9.17, 15) is 0 Å². The first-order valence-corrected chi connectivity index (χ1v) is 6.89. The third kappa shape index (κ3) is 4.03. The lowest BCUT2D eigenvalue weighted by molar-refractivity contribution is 0.414. The molecule has 2 aromatic carbocycles. The number of methoxy groups -OCH3 is 1. The van der Waals surface area contributed by atoms with Gasteiger partial charge in [-0.25, -0.2) is 0 Å². The van der Waals surface area contributed by atoms with Crippen molar-refractivity contribution in [2.45, 2.75) is 10.6 Å². The standard InChI is InChI=1S/C14H15BO3S/c1-18-13-6-2-11(3-7-13)10-19-14-8-4-12(5-9-14)15(16)17/h2-9,16-17H,10H2,1H3. The highest BCUT2D eigenvalue weighted by Crippen LogP contribution is 2.23. The van der Waals surface area contributed by atoms with E-state index in [1.807, 2.05) is 36.4 Å². The largest absolute Gasteiger partial charge is 0.497 e. The van der Waals surface area contributed by atoms with Crippen molar-refractivity contribution in [2.75, 3.05) is 7.11 Å². The summed E-state index contributed by atoms with van der Waals surface area (Å²) in [5.41, 5.74) is 1.73. The molecule has 0 aliphatic rings. The van der Waals surface area contributed by atoms with Crippen LogP contribution in [0, 0.1) is 0 Å². The van der Waals surface area contributed by atoms with Gasteiger partial charge in [0.2, 0.25) is 0 Å². The minimum absolute atomic E-state index is 0.508. The molecule has 0 fully saturated rings. The van der Waals surface area contributed by atoms with Crippen LogP contribution in [0.3, 0.4) is 0 Å². The summed E-state index contributed by atoms with van der Waals surface area (Å²) in [5, 5.41) is 18.0. The molecule has 2 rings (SSSR count). The van der Waals surface area contributed by atoms with E-state index in [4.69, 9.17) is 14.8 Å². The Morgan fingerprint density at radius 3 is 2.16 bits per heavy atom. The average Bonchev–Trinajstić information content (AvgIpc) is 2.46. The fourth-order valence-electron chi connectivity index (χ4n) is 1.62. The molecule has 0 unspecified atom stereocenters. The molecule has 0 atom stereocenters. The molecule has 2 aromatic rings. The Morgan fingerprint density at radius 1 is 1.00 bits per heavy atom. The maximum Gasteiger partial charge on any atom is 0.488 e. The van der Waals surface area contributed by atoms with Gasteiger partial charge in [0, 0.05) is 10.6 Å². The maximum atomic E-state index is 9.01. The molecule has 0 heterocycles. The molecule has 0 amide bonds. The van der Waals surface area contributed by atoms with Gasteiger partial charge in [0.15, 0.2) is 0 Å². The highest BCUT2D eigenvalue weighted by Gasteiger charge is 2.09. The van der Waals surface area contributed by atoms with E-state index in [-0.39, 0.29) is 0 Å². The lowest BCUT2D eigenvalue weighted by Crippen LogP contribution is -2.29. The summed E-state index contributed by atoms with van der Waals surface area (Å²) in [5.74, 6) is 1.72. The lowest BCUT2D eigenvalue weighted by atomic mass is 9.81. The fourth-order valence-corrected chi connectivity index (χ4v) is 2.48. The van der Waals surface area contributed by atoms with Crippen LogP contribution in [0.25, 0.3) is 0 Å². The summed E-state index contributed by atoms with van der Waals surface area (Å²) in [6.45, 7) is 0. The van der Waals surface area contributed by atoms with Gasteiger partial charge in [-0.3, -0.25) is 0 Å². The second-order valence-corrected chi connectivity index (χ2v) is 5.13. The molecule has 0 spiro atoms. The molecule has 0 saturated heterocycles. The van der Waals surface area contributed by atoms with Crippen LogP contribution in [-0.2, 0) is 5.75 Å². The van der Waals surface area contributed by atoms with E-state index < -0.39 is 7.12 Å². The Hall–Kier alpha value is -1.43. The highest BCUT2D eigenvalue weighted by molar-refractivity contribution is 7.98. The van der Waals surface area contributed by atoms with Gasteiger partial charge in [-0.15, -0.1) is 11.8 Å². The van der Waals surface area contributed by atoms with Crippen LogP contribution in [-0.4, -0.2) is 24.3 Å². The van der Waals surface area contributed by atoms with Crippen molar-refractivity contribution in [3.05, 3.63) is 54.1 Å². The van der Waals surface area contributed by atoms with Crippen LogP contribution in [0.4, 0.5) is 0 Å². The SMILES string of the molecule is COc1ccc(CSc2ccc(B(O)O)cc2)cc1. The highest BCUT2D eigenvalue weighted by atomic mass is 32.2. The Kier molecular flexibility index (Phi) is 4.90. The van der Waals surface area contributed by atoms with Crippen molar-refractivity contribution in [3.63, 3.8) is 0 Å². The van der Waals surface area contributed by atoms with Gasteiger partial charge < -0.3 is 14.8 Å². The van der Waals surface area contributed by atoms with E-state index >= 15 is 0 Å². The number of benzene rings is 2. The van der Waals surface area contributed by atoms with Gasteiger partial charge in [0.1, 0.15) is 5.75 Å². The molecule has 5 heteroatoms. The zero-order valence-electron chi connectivity index (χ0n) is 10.6. The molecule has 0 aromatic heterocycles. The lowest BCUT2D eigenvalue weighted by Gasteiger charge is -2.05. The second-order valence-electron chi connectivity index (χ2n) is 4.08. The molecular weight excluding hydrogens is 259 g/mol. The van der Waals surface area contributed by atoms with Gasteiger partial charge in [-0.1, -0.05) is 24.3 Å². The Morgan fingerprint density at radius 2 is 1.63 bits per heavy atom. The first-order chi connectivity index (χ1) is 9.19. The van der Waals surface area contributed by atoms with E-state index in [0.29, 0.717) is 5.46 Å². The number of thioether (sulfide) groups is 1. The Labute approximate surface area is 117 Å². The summed E-state index contributed by atoms with van der Waals surface area (Å²) in [6, 6.07) is 15.2. The predicted molar refractivity (Wildman–Crippen MR) is 78.8 cm³/mol. The molecule has 2 N–H and O–H groups in total. The number of hydrogen-bond donors (Lipinski definition) is 2. The first kappa shape index (κ1) is 14.0. The van der Waals surface area contributed by atoms with Crippen molar-refractivity contribution < 1.29 is 14.8 Å². The molecule has 19 heavy (non-hydrogen) atoms. The normalized spacial score (nSPS) is 10.3. The summed E-state index contributed by atoms with van der Waals surface area (Å²) < 4.78 is 5.11. The summed E-state index contributed by atoms with van der Waals surface area (Å²) in [6.07, 6.45) is 0. The van der Waals surface area contributed by atoms with Gasteiger partial charge >= 0.3 is 7.12 Å². The van der Waals surface area contributed by atoms with Gasteiger partial charge in [-0.05, 0) is 35.3 Å². The van der Waals surface area contributed by atoms with Gasteiger partial charge in [0.25, 0.3) is 0 Å². The van der Waals surface area contributed by atoms with Crippen LogP contribution in [0.1, 0.15) is 5.56 Å². The van der Waals surface area contributed by atoms with E-state index in [0.717, 1.165) is 16.4 Å². The molecule has 3 nitrogen and oxygen atoms in total. The van der Waals surface area contributed by atoms with E-state index in [1.54, 1.807) is 31.0 Å². The molecule has 0 bridgehead atoms. The third-order valence-electron chi connectivity index (χ3n) is 2.74.